The molecule has 0 saturated heterocycles. The van der Waals surface area contributed by atoms with Crippen molar-refractivity contribution in [1.29, 1.82) is 0 Å². The maximum atomic E-state index is 12.5. The first-order valence-corrected chi connectivity index (χ1v) is 9.19. The van der Waals surface area contributed by atoms with Crippen molar-refractivity contribution in [3.63, 3.8) is 0 Å². The predicted octanol–water partition coefficient (Wildman–Crippen LogP) is 4.07. The average molecular weight is 396 g/mol. The second-order valence-electron chi connectivity index (χ2n) is 6.50. The third-order valence-electron chi connectivity index (χ3n) is 4.65. The van der Waals surface area contributed by atoms with E-state index in [4.69, 9.17) is 23.2 Å². The molecule has 2 atom stereocenters. The highest BCUT2D eigenvalue weighted by Gasteiger charge is 2.35. The second-order valence-corrected chi connectivity index (χ2v) is 7.31. The molecule has 26 heavy (non-hydrogen) atoms. The molecule has 6 nitrogen and oxygen atoms in total. The van der Waals surface area contributed by atoms with Crippen molar-refractivity contribution in [2.45, 2.75) is 32.2 Å². The summed E-state index contributed by atoms with van der Waals surface area (Å²) in [5, 5.41) is 17.3. The lowest BCUT2D eigenvalue weighted by atomic mass is 9.78. The lowest BCUT2D eigenvalue weighted by Gasteiger charge is -2.27. The normalized spacial score (nSPS) is 19.9. The van der Waals surface area contributed by atoms with Gasteiger partial charge in [-0.2, -0.15) is 5.10 Å². The molecule has 2 aromatic rings. The van der Waals surface area contributed by atoms with Crippen molar-refractivity contribution in [2.75, 3.05) is 5.32 Å². The number of benzene rings is 1. The highest BCUT2D eigenvalue weighted by atomic mass is 35.5. The number of aromatic nitrogens is 2. The minimum absolute atomic E-state index is 0.258. The maximum Gasteiger partial charge on any atom is 0.307 e. The van der Waals surface area contributed by atoms with Gasteiger partial charge in [-0.1, -0.05) is 42.1 Å². The number of hydrogen-bond donors (Lipinski definition) is 2. The van der Waals surface area contributed by atoms with Crippen molar-refractivity contribution in [2.24, 2.45) is 11.8 Å². The third kappa shape index (κ3) is 4.37. The Balaban J connectivity index is 1.65. The summed E-state index contributed by atoms with van der Waals surface area (Å²) in [5.41, 5.74) is 1.48. The molecule has 1 aromatic heterocycles. The Labute approximate surface area is 161 Å². The zero-order chi connectivity index (χ0) is 18.7. The SMILES string of the molecule is O=C(O)C1CCCCC1C(=O)Nc1cnn(Cc2ccc(Cl)c(Cl)c2)c1. The summed E-state index contributed by atoms with van der Waals surface area (Å²) in [4.78, 5) is 23.9. The molecule has 0 spiro atoms. The van der Waals surface area contributed by atoms with Gasteiger partial charge in [-0.05, 0) is 30.5 Å². The van der Waals surface area contributed by atoms with Crippen LogP contribution in [0.15, 0.2) is 30.6 Å². The van der Waals surface area contributed by atoms with Gasteiger partial charge in [-0.15, -0.1) is 0 Å². The first kappa shape index (κ1) is 18.7. The van der Waals surface area contributed by atoms with E-state index in [-0.39, 0.29) is 5.91 Å². The number of carboxylic acids is 1. The summed E-state index contributed by atoms with van der Waals surface area (Å²) in [6.45, 7) is 0.480. The number of rotatable bonds is 5. The molecule has 0 radical (unpaired) electrons. The van der Waals surface area contributed by atoms with Gasteiger partial charge in [0.1, 0.15) is 0 Å². The van der Waals surface area contributed by atoms with Gasteiger partial charge < -0.3 is 10.4 Å². The molecular formula is C18H19Cl2N3O3. The van der Waals surface area contributed by atoms with Crippen LogP contribution < -0.4 is 5.32 Å². The Bertz CT molecular complexity index is 822. The molecule has 1 aromatic carbocycles. The number of aliphatic carboxylic acids is 1. The summed E-state index contributed by atoms with van der Waals surface area (Å²) >= 11 is 11.9. The largest absolute Gasteiger partial charge is 0.481 e. The molecule has 2 unspecified atom stereocenters. The molecular weight excluding hydrogens is 377 g/mol. The molecule has 0 bridgehead atoms. The number of carboxylic acid groups (broad SMARTS) is 1. The fourth-order valence-corrected chi connectivity index (χ4v) is 3.64. The van der Waals surface area contributed by atoms with Gasteiger partial charge in [0.25, 0.3) is 0 Å². The number of halogens is 2. The topological polar surface area (TPSA) is 84.2 Å². The number of carbonyl (C=O) groups excluding carboxylic acids is 1. The lowest BCUT2D eigenvalue weighted by Crippen LogP contribution is -2.35. The van der Waals surface area contributed by atoms with E-state index in [1.807, 2.05) is 6.07 Å². The van der Waals surface area contributed by atoms with E-state index in [1.54, 1.807) is 29.2 Å². The molecule has 1 fully saturated rings. The molecule has 0 aliphatic heterocycles. The van der Waals surface area contributed by atoms with E-state index >= 15 is 0 Å². The van der Waals surface area contributed by atoms with Crippen LogP contribution in [-0.2, 0) is 16.1 Å². The zero-order valence-corrected chi connectivity index (χ0v) is 15.5. The van der Waals surface area contributed by atoms with Crippen LogP contribution in [0.3, 0.4) is 0 Å². The fraction of sp³-hybridized carbons (Fsp3) is 0.389. The second kappa shape index (κ2) is 8.10. The van der Waals surface area contributed by atoms with Crippen LogP contribution in [-0.4, -0.2) is 26.8 Å². The van der Waals surface area contributed by atoms with Gasteiger partial charge in [-0.3, -0.25) is 14.3 Å². The molecule has 1 amide bonds. The Kier molecular flexibility index (Phi) is 5.84. The molecule has 1 heterocycles. The predicted molar refractivity (Wildman–Crippen MR) is 99.5 cm³/mol. The summed E-state index contributed by atoms with van der Waals surface area (Å²) in [6, 6.07) is 5.34. The van der Waals surface area contributed by atoms with Crippen LogP contribution in [0.5, 0.6) is 0 Å². The van der Waals surface area contributed by atoms with Crippen molar-refractivity contribution < 1.29 is 14.7 Å². The number of nitrogens with zero attached hydrogens (tertiary/aromatic N) is 2. The monoisotopic (exact) mass is 395 g/mol. The van der Waals surface area contributed by atoms with Crippen LogP contribution in [0.4, 0.5) is 5.69 Å². The minimum atomic E-state index is -0.903. The molecule has 8 heteroatoms. The lowest BCUT2D eigenvalue weighted by molar-refractivity contribution is -0.147. The Hall–Kier alpha value is -2.05. The maximum absolute atomic E-state index is 12.5. The summed E-state index contributed by atoms with van der Waals surface area (Å²) in [5.74, 6) is -2.28. The van der Waals surface area contributed by atoms with Crippen molar-refractivity contribution in [1.82, 2.24) is 9.78 Å². The first-order valence-electron chi connectivity index (χ1n) is 8.44. The first-order chi connectivity index (χ1) is 12.4. The number of nitrogens with one attached hydrogen (secondary N) is 1. The van der Waals surface area contributed by atoms with Crippen molar-refractivity contribution in [3.05, 3.63) is 46.2 Å². The van der Waals surface area contributed by atoms with E-state index < -0.39 is 17.8 Å². The molecule has 1 saturated carbocycles. The van der Waals surface area contributed by atoms with E-state index in [0.29, 0.717) is 35.1 Å². The number of hydrogen-bond acceptors (Lipinski definition) is 3. The summed E-state index contributed by atoms with van der Waals surface area (Å²) < 4.78 is 1.67. The Morgan fingerprint density at radius 1 is 1.19 bits per heavy atom. The molecule has 3 rings (SSSR count). The van der Waals surface area contributed by atoms with E-state index in [0.717, 1.165) is 18.4 Å². The van der Waals surface area contributed by atoms with Gasteiger partial charge in [-0.25, -0.2) is 0 Å². The minimum Gasteiger partial charge on any atom is -0.481 e. The van der Waals surface area contributed by atoms with E-state index in [9.17, 15) is 14.7 Å². The van der Waals surface area contributed by atoms with Gasteiger partial charge in [0.15, 0.2) is 0 Å². The van der Waals surface area contributed by atoms with Gasteiger partial charge in [0.05, 0.1) is 40.3 Å². The molecule has 1 aliphatic rings. The highest BCUT2D eigenvalue weighted by Crippen LogP contribution is 2.31. The van der Waals surface area contributed by atoms with Crippen LogP contribution in [0.2, 0.25) is 10.0 Å². The zero-order valence-electron chi connectivity index (χ0n) is 14.0. The van der Waals surface area contributed by atoms with E-state index in [1.165, 1.54) is 0 Å². The summed E-state index contributed by atoms with van der Waals surface area (Å²) in [7, 11) is 0. The van der Waals surface area contributed by atoms with Gasteiger partial charge in [0, 0.05) is 6.20 Å². The quantitative estimate of drug-likeness (QED) is 0.798. The van der Waals surface area contributed by atoms with E-state index in [2.05, 4.69) is 10.4 Å². The Morgan fingerprint density at radius 3 is 2.62 bits per heavy atom. The number of amides is 1. The average Bonchev–Trinajstić information content (AvgIpc) is 3.05. The van der Waals surface area contributed by atoms with Crippen molar-refractivity contribution >= 4 is 40.8 Å². The standard InChI is InChI=1S/C18H19Cl2N3O3/c19-15-6-5-11(7-16(15)20)9-23-10-12(8-21-23)22-17(24)13-3-1-2-4-14(13)18(25)26/h5-8,10,13-14H,1-4,9H2,(H,22,24)(H,25,26). The highest BCUT2D eigenvalue weighted by molar-refractivity contribution is 6.42. The molecule has 2 N–H and O–H groups in total. The van der Waals surface area contributed by atoms with Gasteiger partial charge >= 0.3 is 5.97 Å². The van der Waals surface area contributed by atoms with Gasteiger partial charge in [0.2, 0.25) is 5.91 Å². The number of carbonyl (C=O) groups is 2. The van der Waals surface area contributed by atoms with Crippen LogP contribution in [0.1, 0.15) is 31.2 Å². The Morgan fingerprint density at radius 2 is 1.92 bits per heavy atom. The summed E-state index contributed by atoms with van der Waals surface area (Å²) in [6.07, 6.45) is 6.12. The molecule has 1 aliphatic carbocycles. The smallest absolute Gasteiger partial charge is 0.307 e. The van der Waals surface area contributed by atoms with Crippen molar-refractivity contribution in [3.8, 4) is 0 Å². The number of anilines is 1. The third-order valence-corrected chi connectivity index (χ3v) is 5.39. The fourth-order valence-electron chi connectivity index (χ4n) is 3.31. The van der Waals surface area contributed by atoms with Crippen LogP contribution >= 0.6 is 23.2 Å². The molecule has 138 valence electrons. The van der Waals surface area contributed by atoms with Crippen LogP contribution in [0.25, 0.3) is 0 Å². The van der Waals surface area contributed by atoms with Crippen LogP contribution in [0, 0.1) is 11.8 Å².